The second-order valence-electron chi connectivity index (χ2n) is 6.57. The lowest BCUT2D eigenvalue weighted by Gasteiger charge is -2.22. The lowest BCUT2D eigenvalue weighted by atomic mass is 10.0. The third kappa shape index (κ3) is 8.80. The summed E-state index contributed by atoms with van der Waals surface area (Å²) in [6.07, 6.45) is 3.54. The van der Waals surface area contributed by atoms with Crippen molar-refractivity contribution in [3.8, 4) is 0 Å². The molecule has 1 rings (SSSR count). The van der Waals surface area contributed by atoms with Gasteiger partial charge >= 0.3 is 0 Å². The molecule has 27 heavy (non-hydrogen) atoms. The van der Waals surface area contributed by atoms with Gasteiger partial charge in [-0.05, 0) is 37.3 Å². The van der Waals surface area contributed by atoms with Crippen LogP contribution in [0, 0.1) is 5.92 Å². The fourth-order valence-electron chi connectivity index (χ4n) is 2.41. The first kappa shape index (κ1) is 22.1. The van der Waals surface area contributed by atoms with E-state index in [-0.39, 0.29) is 17.6 Å². The Kier molecular flexibility index (Phi) is 9.49. The van der Waals surface area contributed by atoms with Crippen LogP contribution in [-0.4, -0.2) is 47.7 Å². The van der Waals surface area contributed by atoms with Gasteiger partial charge < -0.3 is 26.9 Å². The minimum atomic E-state index is -0.764. The van der Waals surface area contributed by atoms with E-state index in [4.69, 9.17) is 11.5 Å². The summed E-state index contributed by atoms with van der Waals surface area (Å²) in [6, 6.07) is 3.52. The molecule has 1 aromatic rings. The highest BCUT2D eigenvalue weighted by Gasteiger charge is 2.24. The maximum absolute atomic E-state index is 12.6. The van der Waals surface area contributed by atoms with Crippen molar-refractivity contribution in [3.05, 3.63) is 30.1 Å². The van der Waals surface area contributed by atoms with E-state index in [1.54, 1.807) is 18.2 Å². The third-order valence-corrected chi connectivity index (χ3v) is 3.69. The summed E-state index contributed by atoms with van der Waals surface area (Å²) in [5.41, 5.74) is 10.7. The van der Waals surface area contributed by atoms with E-state index < -0.39 is 23.9 Å². The molecule has 0 fully saturated rings. The molecule has 9 heteroatoms. The number of nitrogens with one attached hydrogen (secondary N) is 2. The first-order valence-corrected chi connectivity index (χ1v) is 8.86. The van der Waals surface area contributed by atoms with E-state index in [0.717, 1.165) is 0 Å². The van der Waals surface area contributed by atoms with Gasteiger partial charge in [0.05, 0.1) is 6.04 Å². The Morgan fingerprint density at radius 3 is 2.56 bits per heavy atom. The van der Waals surface area contributed by atoms with Gasteiger partial charge in [0.1, 0.15) is 18.0 Å². The van der Waals surface area contributed by atoms with Crippen LogP contribution in [0.3, 0.4) is 0 Å². The zero-order valence-electron chi connectivity index (χ0n) is 15.7. The summed E-state index contributed by atoms with van der Waals surface area (Å²) in [6.45, 7) is 4.26. The van der Waals surface area contributed by atoms with Gasteiger partial charge in [0.2, 0.25) is 5.91 Å². The number of aliphatic imine (C=N–C) groups is 1. The van der Waals surface area contributed by atoms with Gasteiger partial charge in [0.25, 0.3) is 5.91 Å². The summed E-state index contributed by atoms with van der Waals surface area (Å²) in [5, 5.41) is 5.36. The second kappa shape index (κ2) is 11.6. The lowest BCUT2D eigenvalue weighted by molar-refractivity contribution is -0.126. The quantitative estimate of drug-likeness (QED) is 0.184. The smallest absolute Gasteiger partial charge is 0.270 e. The van der Waals surface area contributed by atoms with Crippen molar-refractivity contribution in [1.29, 1.82) is 0 Å². The molecule has 148 valence electrons. The Labute approximate surface area is 159 Å². The van der Waals surface area contributed by atoms with Crippen molar-refractivity contribution in [1.82, 2.24) is 15.6 Å². The molecule has 1 aromatic heterocycles. The van der Waals surface area contributed by atoms with Crippen LogP contribution in [0.25, 0.3) is 0 Å². The van der Waals surface area contributed by atoms with Crippen LogP contribution in [0.2, 0.25) is 0 Å². The fraction of sp³-hybridized carbons (Fsp3) is 0.500. The molecule has 0 aliphatic heterocycles. The number of hydrogen-bond donors (Lipinski definition) is 4. The van der Waals surface area contributed by atoms with Crippen molar-refractivity contribution in [2.24, 2.45) is 22.4 Å². The van der Waals surface area contributed by atoms with Crippen LogP contribution in [0.5, 0.6) is 0 Å². The SMILES string of the molecule is CC(C)C[C@H](NC(=O)c1ccccn1)C(=O)N[C@H](C=O)CCCN=C(N)N. The number of carbonyl (C=O) groups excluding carboxylic acids is 3. The number of carbonyl (C=O) groups is 3. The van der Waals surface area contributed by atoms with Crippen molar-refractivity contribution < 1.29 is 14.4 Å². The van der Waals surface area contributed by atoms with Gasteiger partial charge in [-0.3, -0.25) is 19.6 Å². The molecule has 2 amide bonds. The average molecular weight is 376 g/mol. The molecule has 0 radical (unpaired) electrons. The number of amides is 2. The molecule has 0 unspecified atom stereocenters. The van der Waals surface area contributed by atoms with Crippen molar-refractivity contribution in [2.75, 3.05) is 6.54 Å². The van der Waals surface area contributed by atoms with Crippen LogP contribution >= 0.6 is 0 Å². The first-order valence-electron chi connectivity index (χ1n) is 8.86. The van der Waals surface area contributed by atoms with Crippen molar-refractivity contribution >= 4 is 24.1 Å². The maximum atomic E-state index is 12.6. The summed E-state index contributed by atoms with van der Waals surface area (Å²) in [5.74, 6) is -0.698. The Morgan fingerprint density at radius 1 is 1.26 bits per heavy atom. The summed E-state index contributed by atoms with van der Waals surface area (Å²) in [4.78, 5) is 44.0. The molecule has 0 spiro atoms. The molecule has 1 heterocycles. The van der Waals surface area contributed by atoms with E-state index in [2.05, 4.69) is 20.6 Å². The zero-order valence-corrected chi connectivity index (χ0v) is 15.7. The van der Waals surface area contributed by atoms with Gasteiger partial charge in [-0.2, -0.15) is 0 Å². The number of aromatic nitrogens is 1. The monoisotopic (exact) mass is 376 g/mol. The number of nitrogens with two attached hydrogens (primary N) is 2. The summed E-state index contributed by atoms with van der Waals surface area (Å²) < 4.78 is 0. The van der Waals surface area contributed by atoms with Crippen LogP contribution in [-0.2, 0) is 9.59 Å². The van der Waals surface area contributed by atoms with Crippen LogP contribution in [0.4, 0.5) is 0 Å². The highest BCUT2D eigenvalue weighted by molar-refractivity contribution is 5.96. The largest absolute Gasteiger partial charge is 0.370 e. The third-order valence-electron chi connectivity index (χ3n) is 3.69. The fourth-order valence-corrected chi connectivity index (χ4v) is 2.41. The number of hydrogen-bond acceptors (Lipinski definition) is 5. The number of guanidine groups is 1. The second-order valence-corrected chi connectivity index (χ2v) is 6.57. The minimum Gasteiger partial charge on any atom is -0.370 e. The van der Waals surface area contributed by atoms with E-state index >= 15 is 0 Å². The molecule has 6 N–H and O–H groups in total. The Balaban J connectivity index is 2.68. The highest BCUT2D eigenvalue weighted by atomic mass is 16.2. The molecule has 2 atom stereocenters. The van der Waals surface area contributed by atoms with E-state index in [0.29, 0.717) is 32.1 Å². The number of pyridine rings is 1. The van der Waals surface area contributed by atoms with Gasteiger partial charge in [-0.15, -0.1) is 0 Å². The summed E-state index contributed by atoms with van der Waals surface area (Å²) >= 11 is 0. The summed E-state index contributed by atoms with van der Waals surface area (Å²) in [7, 11) is 0. The zero-order chi connectivity index (χ0) is 20.2. The van der Waals surface area contributed by atoms with Crippen LogP contribution in [0.15, 0.2) is 29.4 Å². The maximum Gasteiger partial charge on any atom is 0.270 e. The number of rotatable bonds is 11. The normalized spacial score (nSPS) is 12.7. The average Bonchev–Trinajstić information content (AvgIpc) is 2.63. The van der Waals surface area contributed by atoms with Crippen molar-refractivity contribution in [3.63, 3.8) is 0 Å². The van der Waals surface area contributed by atoms with Gasteiger partial charge in [0, 0.05) is 12.7 Å². The van der Waals surface area contributed by atoms with Crippen LogP contribution < -0.4 is 22.1 Å². The minimum absolute atomic E-state index is 0.0177. The van der Waals surface area contributed by atoms with Gasteiger partial charge in [-0.25, -0.2) is 0 Å². The Morgan fingerprint density at radius 2 is 2.00 bits per heavy atom. The van der Waals surface area contributed by atoms with Crippen LogP contribution in [0.1, 0.15) is 43.6 Å². The lowest BCUT2D eigenvalue weighted by Crippen LogP contribution is -2.50. The van der Waals surface area contributed by atoms with E-state index in [1.807, 2.05) is 13.8 Å². The van der Waals surface area contributed by atoms with Gasteiger partial charge in [-0.1, -0.05) is 19.9 Å². The topological polar surface area (TPSA) is 153 Å². The Hall–Kier alpha value is -2.97. The molecule has 0 aliphatic rings. The van der Waals surface area contributed by atoms with E-state index in [1.165, 1.54) is 6.20 Å². The highest BCUT2D eigenvalue weighted by Crippen LogP contribution is 2.07. The molecule has 0 bridgehead atoms. The van der Waals surface area contributed by atoms with Crippen molar-refractivity contribution in [2.45, 2.75) is 45.2 Å². The predicted molar refractivity (Wildman–Crippen MR) is 103 cm³/mol. The van der Waals surface area contributed by atoms with E-state index in [9.17, 15) is 14.4 Å². The number of nitrogens with zero attached hydrogens (tertiary/aromatic N) is 2. The molecule has 0 aliphatic carbocycles. The molecular formula is C18H28N6O3. The number of aldehydes is 1. The molecule has 9 nitrogen and oxygen atoms in total. The molecular weight excluding hydrogens is 348 g/mol. The first-order chi connectivity index (χ1) is 12.8. The molecule has 0 saturated carbocycles. The standard InChI is InChI=1S/C18H28N6O3/c1-12(2)10-15(24-16(26)14-7-3-4-8-21-14)17(27)23-13(11-25)6-5-9-22-18(19)20/h3-4,7-8,11-13,15H,5-6,9-10H2,1-2H3,(H,23,27)(H,24,26)(H4,19,20,22)/t13-,15-/m0/s1. The van der Waals surface area contributed by atoms with Gasteiger partial charge in [0.15, 0.2) is 5.96 Å². The Bertz CT molecular complexity index is 644. The molecule has 0 saturated heterocycles. The molecule has 0 aromatic carbocycles. The predicted octanol–water partition coefficient (Wildman–Crippen LogP) is -0.0366.